The molecule has 1 aliphatic heterocycles. The van der Waals surface area contributed by atoms with Gasteiger partial charge in [0.1, 0.15) is 0 Å². The van der Waals surface area contributed by atoms with E-state index in [0.717, 1.165) is 23.7 Å². The van der Waals surface area contributed by atoms with Crippen LogP contribution in [0.15, 0.2) is 17.5 Å². The molecule has 23 heavy (non-hydrogen) atoms. The second-order valence-electron chi connectivity index (χ2n) is 8.62. The summed E-state index contributed by atoms with van der Waals surface area (Å²) < 4.78 is 0. The van der Waals surface area contributed by atoms with Crippen molar-refractivity contribution in [2.24, 2.45) is 23.7 Å². The predicted molar refractivity (Wildman–Crippen MR) is 101 cm³/mol. The highest BCUT2D eigenvalue weighted by molar-refractivity contribution is 7.10. The molecule has 0 aromatic carbocycles. The number of hydrogen-bond acceptors (Lipinski definition) is 2. The molecule has 6 rings (SSSR count). The molecule has 1 nitrogen and oxygen atoms in total. The van der Waals surface area contributed by atoms with Gasteiger partial charge in [-0.15, -0.1) is 23.7 Å². The van der Waals surface area contributed by atoms with Crippen LogP contribution < -0.4 is 0 Å². The maximum atomic E-state index is 2.75. The van der Waals surface area contributed by atoms with Crippen LogP contribution in [0.5, 0.6) is 0 Å². The standard InChI is InChI=1S/C20H29NS.ClH/c1-2-7-21(6-1)8-5-20(19-4-3-9-22-19)17-11-15-10-16(13-17)14-18(20)12-15;/h3-4,9,15-18H,1-2,5-8,10-14H2;1H. The van der Waals surface area contributed by atoms with E-state index in [1.807, 2.05) is 0 Å². The normalized spacial score (nSPS) is 42.1. The zero-order valence-electron chi connectivity index (χ0n) is 14.1. The average Bonchev–Trinajstić information content (AvgIpc) is 3.20. The third-order valence-corrected chi connectivity index (χ3v) is 8.68. The van der Waals surface area contributed by atoms with Crippen molar-refractivity contribution in [2.75, 3.05) is 19.6 Å². The first kappa shape index (κ1) is 16.4. The van der Waals surface area contributed by atoms with Crippen LogP contribution in [0.1, 0.15) is 56.2 Å². The molecule has 128 valence electrons. The third-order valence-electron chi connectivity index (χ3n) is 7.62. The van der Waals surface area contributed by atoms with Gasteiger partial charge in [0.2, 0.25) is 0 Å². The summed E-state index contributed by atoms with van der Waals surface area (Å²) in [5.74, 6) is 4.18. The molecular formula is C20H30ClNS. The summed E-state index contributed by atoms with van der Waals surface area (Å²) in [6.07, 6.45) is 12.1. The first-order valence-electron chi connectivity index (χ1n) is 9.61. The molecule has 0 N–H and O–H groups in total. The Kier molecular flexibility index (Phi) is 4.53. The van der Waals surface area contributed by atoms with Gasteiger partial charge < -0.3 is 4.90 Å². The van der Waals surface area contributed by atoms with Gasteiger partial charge in [-0.3, -0.25) is 0 Å². The summed E-state index contributed by atoms with van der Waals surface area (Å²) in [6, 6.07) is 4.79. The van der Waals surface area contributed by atoms with E-state index < -0.39 is 0 Å². The number of halogens is 1. The molecular weight excluding hydrogens is 322 g/mol. The summed E-state index contributed by atoms with van der Waals surface area (Å²) in [6.45, 7) is 4.09. The summed E-state index contributed by atoms with van der Waals surface area (Å²) in [4.78, 5) is 4.50. The van der Waals surface area contributed by atoms with Gasteiger partial charge in [-0.1, -0.05) is 6.07 Å². The van der Waals surface area contributed by atoms with Gasteiger partial charge in [0.25, 0.3) is 0 Å². The molecule has 5 fully saturated rings. The van der Waals surface area contributed by atoms with Gasteiger partial charge in [-0.2, -0.15) is 0 Å². The van der Waals surface area contributed by atoms with E-state index in [2.05, 4.69) is 33.7 Å². The quantitative estimate of drug-likeness (QED) is 0.706. The minimum Gasteiger partial charge on any atom is -0.303 e. The van der Waals surface area contributed by atoms with E-state index in [-0.39, 0.29) is 12.4 Å². The van der Waals surface area contributed by atoms with Crippen molar-refractivity contribution in [2.45, 2.75) is 56.8 Å². The lowest BCUT2D eigenvalue weighted by molar-refractivity contribution is -0.0658. The van der Waals surface area contributed by atoms with Crippen LogP contribution in [0, 0.1) is 23.7 Å². The largest absolute Gasteiger partial charge is 0.303 e. The van der Waals surface area contributed by atoms with Crippen LogP contribution >= 0.6 is 23.7 Å². The molecule has 1 saturated heterocycles. The van der Waals surface area contributed by atoms with Crippen molar-refractivity contribution < 1.29 is 0 Å². The lowest BCUT2D eigenvalue weighted by atomic mass is 9.44. The number of likely N-dealkylation sites (tertiary alicyclic amines) is 1. The maximum absolute atomic E-state index is 2.75. The van der Waals surface area contributed by atoms with Crippen molar-refractivity contribution in [3.05, 3.63) is 22.4 Å². The molecule has 2 heterocycles. The fourth-order valence-corrected chi connectivity index (χ4v) is 7.97. The van der Waals surface area contributed by atoms with Crippen LogP contribution in [0.2, 0.25) is 0 Å². The van der Waals surface area contributed by atoms with E-state index in [4.69, 9.17) is 0 Å². The molecule has 0 unspecified atom stereocenters. The van der Waals surface area contributed by atoms with E-state index in [1.165, 1.54) is 38.9 Å². The highest BCUT2D eigenvalue weighted by Crippen LogP contribution is 2.64. The average molecular weight is 352 g/mol. The van der Waals surface area contributed by atoms with Crippen molar-refractivity contribution >= 4 is 23.7 Å². The van der Waals surface area contributed by atoms with E-state index >= 15 is 0 Å². The molecule has 0 amide bonds. The lowest BCUT2D eigenvalue weighted by Gasteiger charge is -2.61. The van der Waals surface area contributed by atoms with Crippen LogP contribution in [-0.2, 0) is 5.41 Å². The first-order chi connectivity index (χ1) is 10.8. The maximum Gasteiger partial charge on any atom is 0.0116 e. The monoisotopic (exact) mass is 351 g/mol. The molecule has 4 bridgehead atoms. The van der Waals surface area contributed by atoms with Gasteiger partial charge in [0.05, 0.1) is 0 Å². The highest BCUT2D eigenvalue weighted by Gasteiger charge is 2.57. The van der Waals surface area contributed by atoms with Crippen LogP contribution in [-0.4, -0.2) is 24.5 Å². The number of rotatable bonds is 4. The van der Waals surface area contributed by atoms with Gasteiger partial charge in [-0.25, -0.2) is 0 Å². The second kappa shape index (κ2) is 6.35. The fourth-order valence-electron chi connectivity index (χ4n) is 6.85. The van der Waals surface area contributed by atoms with Crippen molar-refractivity contribution in [3.8, 4) is 0 Å². The van der Waals surface area contributed by atoms with Crippen LogP contribution in [0.3, 0.4) is 0 Å². The summed E-state index contributed by atoms with van der Waals surface area (Å²) in [5, 5.41) is 2.33. The van der Waals surface area contributed by atoms with E-state index in [0.29, 0.717) is 5.41 Å². The Balaban J connectivity index is 0.00000135. The summed E-state index contributed by atoms with van der Waals surface area (Å²) in [7, 11) is 0. The van der Waals surface area contributed by atoms with Gasteiger partial charge in [0.15, 0.2) is 0 Å². The van der Waals surface area contributed by atoms with Crippen LogP contribution in [0.4, 0.5) is 0 Å². The van der Waals surface area contributed by atoms with Crippen molar-refractivity contribution in [1.82, 2.24) is 4.90 Å². The molecule has 5 aliphatic rings. The molecule has 4 aliphatic carbocycles. The summed E-state index contributed by atoms with van der Waals surface area (Å²) in [5.41, 5.74) is 0.560. The third kappa shape index (κ3) is 2.60. The lowest BCUT2D eigenvalue weighted by Crippen LogP contribution is -2.56. The van der Waals surface area contributed by atoms with E-state index in [1.54, 1.807) is 37.0 Å². The zero-order chi connectivity index (χ0) is 14.6. The number of thiophene rings is 1. The Bertz CT molecular complexity index is 492. The Morgan fingerprint density at radius 1 is 1.00 bits per heavy atom. The molecule has 1 aromatic rings. The van der Waals surface area contributed by atoms with Gasteiger partial charge in [0, 0.05) is 10.3 Å². The zero-order valence-corrected chi connectivity index (χ0v) is 15.7. The van der Waals surface area contributed by atoms with Crippen molar-refractivity contribution in [3.63, 3.8) is 0 Å². The van der Waals surface area contributed by atoms with Gasteiger partial charge >= 0.3 is 0 Å². The number of hydrogen-bond donors (Lipinski definition) is 0. The minimum absolute atomic E-state index is 0. The molecule has 1 aromatic heterocycles. The minimum atomic E-state index is 0. The molecule has 3 heteroatoms. The van der Waals surface area contributed by atoms with E-state index in [9.17, 15) is 0 Å². The molecule has 4 saturated carbocycles. The topological polar surface area (TPSA) is 3.24 Å². The SMILES string of the molecule is Cl.c1csc(C2(CCN3CCCC3)C3CC4CC(C3)CC2C4)c1. The Morgan fingerprint density at radius 3 is 2.22 bits per heavy atom. The van der Waals surface area contributed by atoms with Crippen LogP contribution in [0.25, 0.3) is 0 Å². The predicted octanol–water partition coefficient (Wildman–Crippen LogP) is 5.35. The Morgan fingerprint density at radius 2 is 1.65 bits per heavy atom. The second-order valence-corrected chi connectivity index (χ2v) is 9.57. The summed E-state index contributed by atoms with van der Waals surface area (Å²) >= 11 is 2.07. The Hall–Kier alpha value is -0.0500. The highest BCUT2D eigenvalue weighted by atomic mass is 35.5. The number of nitrogens with zero attached hydrogens (tertiary/aromatic N) is 1. The first-order valence-corrected chi connectivity index (χ1v) is 10.5. The Labute approximate surface area is 151 Å². The molecule has 0 spiro atoms. The molecule has 0 radical (unpaired) electrons. The molecule has 0 atom stereocenters. The van der Waals surface area contributed by atoms with Crippen molar-refractivity contribution in [1.29, 1.82) is 0 Å². The fraction of sp³-hybridized carbons (Fsp3) is 0.800. The smallest absolute Gasteiger partial charge is 0.0116 e. The van der Waals surface area contributed by atoms with Gasteiger partial charge in [-0.05, 0) is 106 Å².